The average molecular weight is 451 g/mol. The minimum Gasteiger partial charge on any atom is -0.491 e. The van der Waals surface area contributed by atoms with Gasteiger partial charge in [-0.15, -0.1) is 0 Å². The molecule has 0 spiro atoms. The topological polar surface area (TPSA) is 63.9 Å². The van der Waals surface area contributed by atoms with Gasteiger partial charge in [0.2, 0.25) is 0 Å². The molecule has 0 saturated carbocycles. The highest BCUT2D eigenvalue weighted by atomic mass is 16.5. The van der Waals surface area contributed by atoms with Crippen LogP contribution < -0.4 is 4.74 Å². The second kappa shape index (κ2) is 10.4. The van der Waals surface area contributed by atoms with Gasteiger partial charge in [-0.25, -0.2) is 4.79 Å². The molecular formula is C27H34N2O4. The van der Waals surface area contributed by atoms with Crippen molar-refractivity contribution >= 4 is 16.9 Å². The first-order valence-electron chi connectivity index (χ1n) is 11.9. The smallest absolute Gasteiger partial charge is 0.339 e. The summed E-state index contributed by atoms with van der Waals surface area (Å²) < 4.78 is 14.0. The Morgan fingerprint density at radius 2 is 1.94 bits per heavy atom. The Labute approximate surface area is 195 Å². The number of nitrogens with zero attached hydrogens (tertiary/aromatic N) is 2. The zero-order chi connectivity index (χ0) is 23.4. The molecule has 1 aromatic heterocycles. The maximum Gasteiger partial charge on any atom is 0.339 e. The van der Waals surface area contributed by atoms with Crippen LogP contribution in [0.3, 0.4) is 0 Å². The molecule has 1 unspecified atom stereocenters. The molecule has 6 heteroatoms. The summed E-state index contributed by atoms with van der Waals surface area (Å²) in [5.74, 6) is 0.0180. The summed E-state index contributed by atoms with van der Waals surface area (Å²) in [6.07, 6.45) is 4.51. The number of carbonyl (C=O) groups is 1. The SMILES string of the molecule is CCOC(C)n1cc(C2CCN(CCOc3ccc(C)cc3C(=O)O)CC2)c2ccccc21. The molecule has 1 aliphatic heterocycles. The van der Waals surface area contributed by atoms with Gasteiger partial charge in [-0.1, -0.05) is 29.8 Å². The predicted molar refractivity (Wildman–Crippen MR) is 130 cm³/mol. The third-order valence-corrected chi connectivity index (χ3v) is 6.63. The van der Waals surface area contributed by atoms with Gasteiger partial charge in [0.05, 0.1) is 5.52 Å². The largest absolute Gasteiger partial charge is 0.491 e. The van der Waals surface area contributed by atoms with Crippen LogP contribution in [0.25, 0.3) is 10.9 Å². The number of rotatable bonds is 9. The summed E-state index contributed by atoms with van der Waals surface area (Å²) in [6.45, 7) is 10.0. The zero-order valence-electron chi connectivity index (χ0n) is 19.8. The predicted octanol–water partition coefficient (Wildman–Crippen LogP) is 5.46. The van der Waals surface area contributed by atoms with Crippen molar-refractivity contribution in [3.63, 3.8) is 0 Å². The second-order valence-corrected chi connectivity index (χ2v) is 8.83. The first-order chi connectivity index (χ1) is 16.0. The normalized spacial score (nSPS) is 16.2. The fourth-order valence-electron chi connectivity index (χ4n) is 4.87. The van der Waals surface area contributed by atoms with Crippen LogP contribution >= 0.6 is 0 Å². The van der Waals surface area contributed by atoms with Crippen molar-refractivity contribution in [1.82, 2.24) is 9.47 Å². The Hall–Kier alpha value is -2.83. The van der Waals surface area contributed by atoms with Crippen LogP contribution in [0.2, 0.25) is 0 Å². The van der Waals surface area contributed by atoms with Crippen LogP contribution in [0.5, 0.6) is 5.75 Å². The van der Waals surface area contributed by atoms with Gasteiger partial charge >= 0.3 is 5.97 Å². The molecule has 1 saturated heterocycles. The molecule has 2 aromatic carbocycles. The van der Waals surface area contributed by atoms with Crippen molar-refractivity contribution in [1.29, 1.82) is 0 Å². The van der Waals surface area contributed by atoms with Crippen molar-refractivity contribution < 1.29 is 19.4 Å². The van der Waals surface area contributed by atoms with E-state index < -0.39 is 5.97 Å². The Balaban J connectivity index is 1.36. The number of hydrogen-bond acceptors (Lipinski definition) is 4. The molecule has 1 atom stereocenters. The van der Waals surface area contributed by atoms with E-state index in [9.17, 15) is 9.90 Å². The van der Waals surface area contributed by atoms with Gasteiger partial charge in [0.15, 0.2) is 0 Å². The number of para-hydroxylation sites is 1. The quantitative estimate of drug-likeness (QED) is 0.469. The molecule has 0 amide bonds. The van der Waals surface area contributed by atoms with Crippen molar-refractivity contribution in [2.24, 2.45) is 0 Å². The van der Waals surface area contributed by atoms with Gasteiger partial charge in [0.1, 0.15) is 24.1 Å². The summed E-state index contributed by atoms with van der Waals surface area (Å²) in [4.78, 5) is 13.9. The van der Waals surface area contributed by atoms with Gasteiger partial charge < -0.3 is 19.1 Å². The van der Waals surface area contributed by atoms with E-state index in [0.717, 1.165) is 38.0 Å². The third kappa shape index (κ3) is 5.23. The summed E-state index contributed by atoms with van der Waals surface area (Å²) in [5.41, 5.74) is 3.79. The minimum atomic E-state index is -0.952. The molecule has 33 heavy (non-hydrogen) atoms. The van der Waals surface area contributed by atoms with Crippen molar-refractivity contribution in [3.05, 3.63) is 65.4 Å². The Bertz CT molecular complexity index is 1100. The number of aromatic carboxylic acids is 1. The van der Waals surface area contributed by atoms with E-state index in [4.69, 9.17) is 9.47 Å². The summed E-state index contributed by atoms with van der Waals surface area (Å²) in [6, 6.07) is 13.9. The molecule has 3 aromatic rings. The Morgan fingerprint density at radius 1 is 1.18 bits per heavy atom. The number of hydrogen-bond donors (Lipinski definition) is 1. The number of ether oxygens (including phenoxy) is 2. The number of carboxylic acids is 1. The Kier molecular flexibility index (Phi) is 7.36. The van der Waals surface area contributed by atoms with Crippen LogP contribution in [0.4, 0.5) is 0 Å². The molecule has 0 aliphatic carbocycles. The first kappa shape index (κ1) is 23.3. The number of likely N-dealkylation sites (tertiary alicyclic amines) is 1. The molecule has 0 radical (unpaired) electrons. The zero-order valence-corrected chi connectivity index (χ0v) is 19.8. The number of benzene rings is 2. The molecule has 2 heterocycles. The summed E-state index contributed by atoms with van der Waals surface area (Å²) >= 11 is 0. The van der Waals surface area contributed by atoms with E-state index in [1.807, 2.05) is 19.9 Å². The number of carboxylic acid groups (broad SMARTS) is 1. The fourth-order valence-corrected chi connectivity index (χ4v) is 4.87. The molecule has 0 bridgehead atoms. The van der Waals surface area contributed by atoms with Crippen LogP contribution in [0.1, 0.15) is 60.3 Å². The molecular weight excluding hydrogens is 416 g/mol. The van der Waals surface area contributed by atoms with Gasteiger partial charge in [-0.2, -0.15) is 0 Å². The molecule has 1 fully saturated rings. The van der Waals surface area contributed by atoms with Crippen molar-refractivity contribution in [3.8, 4) is 5.75 Å². The van der Waals surface area contributed by atoms with Gasteiger partial charge in [-0.3, -0.25) is 4.90 Å². The highest BCUT2D eigenvalue weighted by Crippen LogP contribution is 2.35. The van der Waals surface area contributed by atoms with E-state index in [0.29, 0.717) is 24.9 Å². The van der Waals surface area contributed by atoms with Gasteiger partial charge in [-0.05, 0) is 76.4 Å². The lowest BCUT2D eigenvalue weighted by Gasteiger charge is -2.31. The summed E-state index contributed by atoms with van der Waals surface area (Å²) in [5, 5.41) is 10.7. The van der Waals surface area contributed by atoms with E-state index in [2.05, 4.69) is 46.9 Å². The second-order valence-electron chi connectivity index (χ2n) is 8.83. The standard InChI is InChI=1S/C27H34N2O4/c1-4-32-20(3)29-18-24(22-7-5-6-8-25(22)29)21-11-13-28(14-12-21)15-16-33-26-10-9-19(2)17-23(26)27(30)31/h5-10,17-18,20-21H,4,11-16H2,1-3H3,(H,30,31). The molecule has 4 rings (SSSR count). The molecule has 176 valence electrons. The van der Waals surface area contributed by atoms with Crippen LogP contribution in [0.15, 0.2) is 48.7 Å². The molecule has 1 aliphatic rings. The van der Waals surface area contributed by atoms with E-state index >= 15 is 0 Å². The lowest BCUT2D eigenvalue weighted by Crippen LogP contribution is -2.35. The highest BCUT2D eigenvalue weighted by molar-refractivity contribution is 5.91. The maximum atomic E-state index is 11.5. The lowest BCUT2D eigenvalue weighted by atomic mass is 9.89. The number of aromatic nitrogens is 1. The van der Waals surface area contributed by atoms with Crippen LogP contribution in [-0.2, 0) is 4.74 Å². The highest BCUT2D eigenvalue weighted by Gasteiger charge is 2.24. The summed E-state index contributed by atoms with van der Waals surface area (Å²) in [7, 11) is 0. The van der Waals surface area contributed by atoms with Gasteiger partial charge in [0.25, 0.3) is 0 Å². The van der Waals surface area contributed by atoms with E-state index in [-0.39, 0.29) is 11.8 Å². The van der Waals surface area contributed by atoms with Gasteiger partial charge in [0, 0.05) is 24.7 Å². The van der Waals surface area contributed by atoms with E-state index in [1.54, 1.807) is 12.1 Å². The first-order valence-corrected chi connectivity index (χ1v) is 11.9. The number of piperidine rings is 1. The average Bonchev–Trinajstić information content (AvgIpc) is 3.20. The molecule has 1 N–H and O–H groups in total. The molecule has 6 nitrogen and oxygen atoms in total. The fraction of sp³-hybridized carbons (Fsp3) is 0.444. The number of aryl methyl sites for hydroxylation is 1. The van der Waals surface area contributed by atoms with Crippen molar-refractivity contribution in [2.45, 2.75) is 45.8 Å². The third-order valence-electron chi connectivity index (χ3n) is 6.63. The Morgan fingerprint density at radius 3 is 2.67 bits per heavy atom. The monoisotopic (exact) mass is 450 g/mol. The van der Waals surface area contributed by atoms with Crippen LogP contribution in [-0.4, -0.2) is 53.4 Å². The van der Waals surface area contributed by atoms with Crippen LogP contribution in [0, 0.1) is 6.92 Å². The lowest BCUT2D eigenvalue weighted by molar-refractivity contribution is 0.0278. The minimum absolute atomic E-state index is 0.0170. The number of fused-ring (bicyclic) bond motifs is 1. The maximum absolute atomic E-state index is 11.5. The van der Waals surface area contributed by atoms with Crippen molar-refractivity contribution in [2.75, 3.05) is 32.8 Å². The van der Waals surface area contributed by atoms with E-state index in [1.165, 1.54) is 16.5 Å².